The average molecular weight is 372 g/mol. The Morgan fingerprint density at radius 2 is 1.55 bits per heavy atom. The number of aliphatic hydroxyl groups is 1. The van der Waals surface area contributed by atoms with Crippen molar-refractivity contribution in [2.75, 3.05) is 20.1 Å². The Morgan fingerprint density at radius 1 is 1.10 bits per heavy atom. The van der Waals surface area contributed by atoms with E-state index in [1.54, 1.807) is 11.9 Å². The first-order chi connectivity index (χ1) is 8.45. The molecule has 0 aromatic carbocycles. The van der Waals surface area contributed by atoms with E-state index in [2.05, 4.69) is 0 Å². The number of hydrogen-bond donors (Lipinski definition) is 3. The van der Waals surface area contributed by atoms with Crippen LogP contribution in [0.25, 0.3) is 0 Å². The van der Waals surface area contributed by atoms with Gasteiger partial charge in [-0.15, -0.1) is 0 Å². The van der Waals surface area contributed by atoms with Crippen LogP contribution in [0.15, 0.2) is 0 Å². The largest absolute Gasteiger partial charge is 2.00 e. The van der Waals surface area contributed by atoms with Gasteiger partial charge in [-0.25, -0.2) is 0 Å². The van der Waals surface area contributed by atoms with Gasteiger partial charge >= 0.3 is 17.1 Å². The van der Waals surface area contributed by atoms with Crippen LogP contribution in [0.5, 0.6) is 0 Å². The van der Waals surface area contributed by atoms with Crippen LogP contribution >= 0.6 is 15.2 Å². The molecule has 0 rings (SSSR count). The van der Waals surface area contributed by atoms with E-state index < -0.39 is 26.7 Å². The number of rotatable bonds is 9. The summed E-state index contributed by atoms with van der Waals surface area (Å²) in [7, 11) is -9.67. The monoisotopic (exact) mass is 372 g/mol. The predicted molar refractivity (Wildman–Crippen MR) is 66.2 cm³/mol. The molecule has 11 heteroatoms. The molecule has 0 spiro atoms. The molecule has 20 heavy (non-hydrogen) atoms. The van der Waals surface area contributed by atoms with E-state index in [1.165, 1.54) is 0 Å². The zero-order valence-corrected chi connectivity index (χ0v) is 14.4. The smallest absolute Gasteiger partial charge is 0.776 e. The van der Waals surface area contributed by atoms with E-state index >= 15 is 0 Å². The van der Waals surface area contributed by atoms with Crippen LogP contribution in [0.1, 0.15) is 32.6 Å². The van der Waals surface area contributed by atoms with Crippen LogP contribution in [0, 0.1) is 0 Å². The fourth-order valence-electron chi connectivity index (χ4n) is 1.53. The molecule has 0 aromatic heterocycles. The van der Waals surface area contributed by atoms with Gasteiger partial charge in [-0.1, -0.05) is 19.8 Å². The molecule has 3 N–H and O–H groups in total. The van der Waals surface area contributed by atoms with E-state index in [9.17, 15) is 24.0 Å². The minimum atomic E-state index is -5.64. The van der Waals surface area contributed by atoms with Crippen molar-refractivity contribution in [1.29, 1.82) is 0 Å². The molecule has 0 amide bonds. The Balaban J connectivity index is 0. The molecule has 0 heterocycles. The average Bonchev–Trinajstić information content (AvgIpc) is 2.23. The first kappa shape index (κ1) is 23.0. The molecule has 0 aliphatic heterocycles. The van der Waals surface area contributed by atoms with Crippen molar-refractivity contribution in [3.63, 3.8) is 0 Å². The van der Waals surface area contributed by atoms with Crippen LogP contribution in [0.3, 0.4) is 0 Å². The molecule has 121 valence electrons. The summed E-state index contributed by atoms with van der Waals surface area (Å²) in [5, 5.41) is 6.00. The fourth-order valence-corrected chi connectivity index (χ4v) is 3.57. The maximum Gasteiger partial charge on any atom is 2.00 e. The fraction of sp³-hybridized carbons (Fsp3) is 1.00. The zero-order chi connectivity index (χ0) is 15.3. The number of hydrogen-bond acceptors (Lipinski definition) is 6. The van der Waals surface area contributed by atoms with Crippen molar-refractivity contribution < 1.29 is 50.9 Å². The summed E-state index contributed by atoms with van der Waals surface area (Å²) < 4.78 is 21.9. The van der Waals surface area contributed by atoms with Gasteiger partial charge in [0, 0.05) is 13.0 Å². The maximum absolute atomic E-state index is 11.0. The van der Waals surface area contributed by atoms with Crippen molar-refractivity contribution >= 4 is 15.2 Å². The van der Waals surface area contributed by atoms with Gasteiger partial charge in [0.25, 0.3) is 0 Å². The molecule has 0 saturated carbocycles. The van der Waals surface area contributed by atoms with Crippen LogP contribution < -0.4 is 9.79 Å². The number of unbranched alkanes of at least 4 members (excludes halogenated alkanes) is 2. The van der Waals surface area contributed by atoms with Gasteiger partial charge in [-0.3, -0.25) is 0 Å². The van der Waals surface area contributed by atoms with Crippen molar-refractivity contribution in [2.45, 2.75) is 37.7 Å². The van der Waals surface area contributed by atoms with E-state index in [0.717, 1.165) is 19.3 Å². The molecule has 0 bridgehead atoms. The molecule has 0 saturated heterocycles. The summed E-state index contributed by atoms with van der Waals surface area (Å²) >= 11 is 0. The van der Waals surface area contributed by atoms with Gasteiger partial charge in [0.2, 0.25) is 0 Å². The molecular formula is C9H21MnNO7P2. The Morgan fingerprint density at radius 3 is 1.90 bits per heavy atom. The quantitative estimate of drug-likeness (QED) is 0.272. The summed E-state index contributed by atoms with van der Waals surface area (Å²) in [6.45, 7) is 2.50. The molecule has 2 atom stereocenters. The topological polar surface area (TPSA) is 144 Å². The normalized spacial score (nSPS) is 20.6. The van der Waals surface area contributed by atoms with E-state index in [4.69, 9.17) is 9.79 Å². The van der Waals surface area contributed by atoms with Crippen LogP contribution in [0.2, 0.25) is 0 Å². The second kappa shape index (κ2) is 9.01. The van der Waals surface area contributed by atoms with Gasteiger partial charge < -0.3 is 38.7 Å². The van der Waals surface area contributed by atoms with E-state index in [1.807, 2.05) is 6.92 Å². The Bertz CT molecular complexity index is 347. The summed E-state index contributed by atoms with van der Waals surface area (Å²) in [5.74, 6) is 0. The molecule has 0 aromatic rings. The summed E-state index contributed by atoms with van der Waals surface area (Å²) in [6.07, 6.45) is 1.99. The predicted octanol–water partition coefficient (Wildman–Crippen LogP) is -0.767. The third-order valence-electron chi connectivity index (χ3n) is 2.88. The number of nitrogens with zero attached hydrogens (tertiary/aromatic N) is 1. The zero-order valence-electron chi connectivity index (χ0n) is 11.4. The molecule has 1 radical (unpaired) electrons. The van der Waals surface area contributed by atoms with Crippen molar-refractivity contribution in [1.82, 2.24) is 4.90 Å². The third kappa shape index (κ3) is 6.67. The van der Waals surface area contributed by atoms with Crippen molar-refractivity contribution in [3.05, 3.63) is 0 Å². The van der Waals surface area contributed by atoms with Gasteiger partial charge in [0.1, 0.15) is 0 Å². The van der Waals surface area contributed by atoms with Crippen LogP contribution in [-0.2, 0) is 26.2 Å². The van der Waals surface area contributed by atoms with E-state index in [0.29, 0.717) is 6.54 Å². The Labute approximate surface area is 129 Å². The molecule has 2 unspecified atom stereocenters. The second-order valence-corrected chi connectivity index (χ2v) is 8.49. The van der Waals surface area contributed by atoms with Gasteiger partial charge in [0.05, 0.1) is 0 Å². The van der Waals surface area contributed by atoms with Gasteiger partial charge in [-0.2, -0.15) is 0 Å². The first-order valence-electron chi connectivity index (χ1n) is 5.94. The minimum Gasteiger partial charge on any atom is -0.776 e. The van der Waals surface area contributed by atoms with Gasteiger partial charge in [0.15, 0.2) is 20.3 Å². The summed E-state index contributed by atoms with van der Waals surface area (Å²) in [4.78, 5) is 41.1. The Hall–Kier alpha value is 0.739. The molecule has 0 fully saturated rings. The molecule has 0 aliphatic rings. The molecule has 8 nitrogen and oxygen atoms in total. The van der Waals surface area contributed by atoms with Crippen molar-refractivity contribution in [3.8, 4) is 0 Å². The summed E-state index contributed by atoms with van der Waals surface area (Å²) in [6, 6.07) is 0. The van der Waals surface area contributed by atoms with Gasteiger partial charge in [-0.05, 0) is 20.0 Å². The second-order valence-electron chi connectivity index (χ2n) is 4.58. The minimum absolute atomic E-state index is 0. The van der Waals surface area contributed by atoms with E-state index in [-0.39, 0.29) is 23.6 Å². The third-order valence-corrected chi connectivity index (χ3v) is 6.65. The molecular weight excluding hydrogens is 351 g/mol. The van der Waals surface area contributed by atoms with Crippen molar-refractivity contribution in [2.24, 2.45) is 0 Å². The maximum atomic E-state index is 11.0. The van der Waals surface area contributed by atoms with Crippen LogP contribution in [0.4, 0.5) is 0 Å². The Kier molecular flexibility index (Phi) is 10.4. The first-order valence-corrected chi connectivity index (χ1v) is 9.10. The summed E-state index contributed by atoms with van der Waals surface area (Å²) in [5.41, 5.74) is 0. The molecule has 0 aliphatic carbocycles. The SMILES string of the molecule is CCCCCN(C)CCC(O)(P(=O)([O-])O)P(=O)([O-])O.[Mn+2]. The van der Waals surface area contributed by atoms with Crippen LogP contribution in [-0.4, -0.2) is 45.0 Å². The standard InChI is InChI=1S/C9H23NO7P2.Mn/c1-3-4-5-7-10(2)8-6-9(11,18(12,13)14)19(15,16)17;/h11H,3-8H2,1-2H3,(H2,12,13,14)(H2,15,16,17);/q;+2/p-2.